The number of hydrogen-bond acceptors (Lipinski definition) is 5. The molecule has 0 bridgehead atoms. The Labute approximate surface area is 110 Å². The second-order valence-electron chi connectivity index (χ2n) is 4.39. The van der Waals surface area contributed by atoms with Crippen molar-refractivity contribution >= 4 is 0 Å². The Kier molecular flexibility index (Phi) is 4.18. The molecule has 1 aromatic heterocycles. The van der Waals surface area contributed by atoms with Crippen molar-refractivity contribution in [1.82, 2.24) is 9.55 Å². The maximum atomic E-state index is 11.8. The van der Waals surface area contributed by atoms with Crippen molar-refractivity contribution in [3.63, 3.8) is 0 Å². The van der Waals surface area contributed by atoms with Crippen LogP contribution in [0, 0.1) is 0 Å². The van der Waals surface area contributed by atoms with E-state index in [4.69, 9.17) is 14.2 Å². The Balaban J connectivity index is 2.38. The molecule has 0 saturated carbocycles. The summed E-state index contributed by atoms with van der Waals surface area (Å²) in [5.41, 5.74) is -0.963. The lowest BCUT2D eigenvalue weighted by Crippen LogP contribution is -2.39. The molecule has 4 atom stereocenters. The summed E-state index contributed by atoms with van der Waals surface area (Å²) < 4.78 is 17.9. The zero-order valence-corrected chi connectivity index (χ0v) is 11.2. The quantitative estimate of drug-likeness (QED) is 0.824. The summed E-state index contributed by atoms with van der Waals surface area (Å²) in [7, 11) is 3.13. The third-order valence-corrected chi connectivity index (χ3v) is 3.36. The second kappa shape index (κ2) is 5.68. The van der Waals surface area contributed by atoms with Crippen molar-refractivity contribution in [3.05, 3.63) is 33.1 Å². The fourth-order valence-electron chi connectivity index (χ4n) is 2.42. The van der Waals surface area contributed by atoms with E-state index >= 15 is 0 Å². The van der Waals surface area contributed by atoms with Crippen LogP contribution >= 0.6 is 0 Å². The first-order valence-electron chi connectivity index (χ1n) is 6.14. The predicted octanol–water partition coefficient (Wildman–Crippen LogP) is -0.126. The highest BCUT2D eigenvalue weighted by Gasteiger charge is 2.45. The first kappa shape index (κ1) is 14.0. The number of rotatable bonds is 4. The van der Waals surface area contributed by atoms with Crippen LogP contribution in [0.1, 0.15) is 19.6 Å². The first-order chi connectivity index (χ1) is 9.12. The SMILES string of the molecule is CC[C@H]1O[C@H](n2ccc(=O)[nH]c2=O)C(OC)[C@H]1OC. The highest BCUT2D eigenvalue weighted by atomic mass is 16.6. The molecule has 7 heteroatoms. The largest absolute Gasteiger partial charge is 0.376 e. The standard InChI is InChI=1S/C12H18N2O5/c1-4-7-9(17-2)10(18-3)11(19-7)14-6-5-8(15)13-12(14)16/h5-7,9-11H,4H2,1-3H3,(H,13,15,16)/t7-,9+,10?,11+/m1/s1. The molecule has 1 fully saturated rings. The van der Waals surface area contributed by atoms with E-state index in [1.165, 1.54) is 16.8 Å². The zero-order chi connectivity index (χ0) is 14.0. The van der Waals surface area contributed by atoms with Crippen LogP contribution in [-0.2, 0) is 14.2 Å². The molecule has 1 saturated heterocycles. The van der Waals surface area contributed by atoms with E-state index in [-0.39, 0.29) is 12.2 Å². The molecule has 1 aliphatic heterocycles. The van der Waals surface area contributed by atoms with E-state index in [0.29, 0.717) is 0 Å². The minimum absolute atomic E-state index is 0.154. The fourth-order valence-corrected chi connectivity index (χ4v) is 2.42. The molecular weight excluding hydrogens is 252 g/mol. The molecule has 1 aliphatic rings. The lowest BCUT2D eigenvalue weighted by molar-refractivity contribution is -0.0559. The van der Waals surface area contributed by atoms with Gasteiger partial charge < -0.3 is 14.2 Å². The van der Waals surface area contributed by atoms with Crippen molar-refractivity contribution in [2.75, 3.05) is 14.2 Å². The van der Waals surface area contributed by atoms with Crippen molar-refractivity contribution in [1.29, 1.82) is 0 Å². The van der Waals surface area contributed by atoms with Gasteiger partial charge in [0.2, 0.25) is 0 Å². The Morgan fingerprint density at radius 2 is 2.00 bits per heavy atom. The molecule has 2 rings (SSSR count). The molecule has 106 valence electrons. The normalized spacial score (nSPS) is 30.7. The number of aromatic amines is 1. The van der Waals surface area contributed by atoms with Crippen LogP contribution in [0.4, 0.5) is 0 Å². The van der Waals surface area contributed by atoms with Gasteiger partial charge in [0.25, 0.3) is 5.56 Å². The van der Waals surface area contributed by atoms with E-state index in [2.05, 4.69) is 4.98 Å². The van der Waals surface area contributed by atoms with Gasteiger partial charge in [0.05, 0.1) is 6.10 Å². The van der Waals surface area contributed by atoms with Gasteiger partial charge in [-0.05, 0) is 6.42 Å². The Bertz CT molecular complexity index is 537. The molecule has 1 N–H and O–H groups in total. The topological polar surface area (TPSA) is 82.6 Å². The lowest BCUT2D eigenvalue weighted by atomic mass is 10.1. The smallest absolute Gasteiger partial charge is 0.330 e. The molecular formula is C12H18N2O5. The highest BCUT2D eigenvalue weighted by molar-refractivity contribution is 4.94. The number of aromatic nitrogens is 2. The monoisotopic (exact) mass is 270 g/mol. The molecule has 0 aromatic carbocycles. The van der Waals surface area contributed by atoms with Gasteiger partial charge in [-0.3, -0.25) is 14.3 Å². The average molecular weight is 270 g/mol. The number of hydrogen-bond donors (Lipinski definition) is 1. The number of ether oxygens (including phenoxy) is 3. The third kappa shape index (κ3) is 2.49. The van der Waals surface area contributed by atoms with Gasteiger partial charge in [0.15, 0.2) is 6.23 Å². The van der Waals surface area contributed by atoms with Gasteiger partial charge in [0, 0.05) is 26.5 Å². The van der Waals surface area contributed by atoms with Crippen LogP contribution in [0.2, 0.25) is 0 Å². The number of nitrogens with one attached hydrogen (secondary N) is 1. The zero-order valence-electron chi connectivity index (χ0n) is 11.2. The van der Waals surface area contributed by atoms with Gasteiger partial charge in [0.1, 0.15) is 12.2 Å². The summed E-state index contributed by atoms with van der Waals surface area (Å²) in [4.78, 5) is 25.1. The van der Waals surface area contributed by atoms with Crippen LogP contribution in [0.15, 0.2) is 21.9 Å². The summed E-state index contributed by atoms with van der Waals surface area (Å²) in [6.45, 7) is 1.97. The molecule has 1 aromatic rings. The maximum Gasteiger partial charge on any atom is 0.330 e. The van der Waals surface area contributed by atoms with Crippen LogP contribution in [0.25, 0.3) is 0 Å². The molecule has 1 unspecified atom stereocenters. The molecule has 2 heterocycles. The molecule has 0 amide bonds. The Morgan fingerprint density at radius 3 is 2.53 bits per heavy atom. The van der Waals surface area contributed by atoms with Gasteiger partial charge >= 0.3 is 5.69 Å². The summed E-state index contributed by atoms with van der Waals surface area (Å²) >= 11 is 0. The fraction of sp³-hybridized carbons (Fsp3) is 0.667. The molecule has 0 aliphatic carbocycles. The average Bonchev–Trinajstić information content (AvgIpc) is 2.76. The third-order valence-electron chi connectivity index (χ3n) is 3.36. The van der Waals surface area contributed by atoms with Gasteiger partial charge in [-0.15, -0.1) is 0 Å². The number of nitrogens with zero attached hydrogens (tertiary/aromatic N) is 1. The summed E-state index contributed by atoms with van der Waals surface area (Å²) in [5.74, 6) is 0. The maximum absolute atomic E-state index is 11.8. The predicted molar refractivity (Wildman–Crippen MR) is 67.1 cm³/mol. The molecule has 19 heavy (non-hydrogen) atoms. The van der Waals surface area contributed by atoms with Crippen LogP contribution in [0.5, 0.6) is 0 Å². The second-order valence-corrected chi connectivity index (χ2v) is 4.39. The van der Waals surface area contributed by atoms with Crippen LogP contribution < -0.4 is 11.2 Å². The Morgan fingerprint density at radius 1 is 1.32 bits per heavy atom. The molecule has 7 nitrogen and oxygen atoms in total. The van der Waals surface area contributed by atoms with E-state index in [1.54, 1.807) is 14.2 Å². The minimum atomic E-state index is -0.607. The molecule has 0 spiro atoms. The van der Waals surface area contributed by atoms with E-state index in [9.17, 15) is 9.59 Å². The van der Waals surface area contributed by atoms with Crippen molar-refractivity contribution in [2.24, 2.45) is 0 Å². The molecule has 0 radical (unpaired) electrons. The Hall–Kier alpha value is -1.44. The lowest BCUT2D eigenvalue weighted by Gasteiger charge is -2.21. The highest BCUT2D eigenvalue weighted by Crippen LogP contribution is 2.33. The van der Waals surface area contributed by atoms with Gasteiger partial charge in [-0.25, -0.2) is 4.79 Å². The van der Waals surface area contributed by atoms with Crippen molar-refractivity contribution in [2.45, 2.75) is 37.9 Å². The van der Waals surface area contributed by atoms with E-state index < -0.39 is 23.6 Å². The van der Waals surface area contributed by atoms with Crippen LogP contribution in [0.3, 0.4) is 0 Å². The first-order valence-corrected chi connectivity index (χ1v) is 6.14. The van der Waals surface area contributed by atoms with Crippen LogP contribution in [-0.4, -0.2) is 42.1 Å². The van der Waals surface area contributed by atoms with E-state index in [0.717, 1.165) is 6.42 Å². The van der Waals surface area contributed by atoms with Gasteiger partial charge in [-0.2, -0.15) is 0 Å². The summed E-state index contributed by atoms with van der Waals surface area (Å²) in [5, 5.41) is 0. The minimum Gasteiger partial charge on any atom is -0.376 e. The van der Waals surface area contributed by atoms with Crippen molar-refractivity contribution < 1.29 is 14.2 Å². The van der Waals surface area contributed by atoms with E-state index in [1.807, 2.05) is 6.92 Å². The number of methoxy groups -OCH3 is 2. The van der Waals surface area contributed by atoms with Gasteiger partial charge in [-0.1, -0.05) is 6.92 Å². The summed E-state index contributed by atoms with van der Waals surface area (Å²) in [6.07, 6.45) is 0.732. The number of H-pyrrole nitrogens is 1. The van der Waals surface area contributed by atoms with Crippen molar-refractivity contribution in [3.8, 4) is 0 Å². The summed E-state index contributed by atoms with van der Waals surface area (Å²) in [6, 6.07) is 1.28.